The van der Waals surface area contributed by atoms with E-state index in [0.717, 1.165) is 12.8 Å². The van der Waals surface area contributed by atoms with E-state index in [4.69, 9.17) is 10.3 Å². The minimum atomic E-state index is -1.70. The van der Waals surface area contributed by atoms with E-state index in [9.17, 15) is 9.32 Å². The van der Waals surface area contributed by atoms with Gasteiger partial charge in [0.2, 0.25) is 0 Å². The van der Waals surface area contributed by atoms with Crippen LogP contribution in [0.5, 0.6) is 0 Å². The predicted octanol–water partition coefficient (Wildman–Crippen LogP) is 0.0881. The Morgan fingerprint density at radius 3 is 2.38 bits per heavy atom. The van der Waals surface area contributed by atoms with Gasteiger partial charge in [-0.2, -0.15) is 0 Å². The molecule has 1 aliphatic carbocycles. The molecule has 1 unspecified atom stereocenters. The van der Waals surface area contributed by atoms with Gasteiger partial charge in [-0.15, -0.1) is 0 Å². The number of hydrogen-bond acceptors (Lipinski definition) is 3. The maximum absolute atomic E-state index is 10.5. The van der Waals surface area contributed by atoms with Crippen LogP contribution in [0.2, 0.25) is 0 Å². The molecule has 0 aromatic carbocycles. The van der Waals surface area contributed by atoms with E-state index in [1.807, 2.05) is 0 Å². The van der Waals surface area contributed by atoms with Gasteiger partial charge in [-0.1, -0.05) is 0 Å². The zero-order valence-electron chi connectivity index (χ0n) is 7.61. The fourth-order valence-electron chi connectivity index (χ4n) is 1.79. The lowest BCUT2D eigenvalue weighted by Crippen LogP contribution is -2.41. The van der Waals surface area contributed by atoms with Gasteiger partial charge < -0.3 is 15.4 Å². The van der Waals surface area contributed by atoms with Crippen molar-refractivity contribution in [2.24, 2.45) is 11.7 Å². The molecule has 78 valence electrons. The minimum absolute atomic E-state index is 0.276. The highest BCUT2D eigenvalue weighted by atomic mass is 32.2. The second kappa shape index (κ2) is 4.50. The number of nitrogens with two attached hydrogens (primary N) is 1. The molecule has 1 rings (SSSR count). The Kier molecular flexibility index (Phi) is 3.85. The van der Waals surface area contributed by atoms with E-state index < -0.39 is 16.7 Å². The van der Waals surface area contributed by atoms with Crippen molar-refractivity contribution in [2.45, 2.75) is 31.3 Å². The van der Waals surface area contributed by atoms with Gasteiger partial charge in [0.15, 0.2) is 11.1 Å². The molecule has 0 amide bonds. The van der Waals surface area contributed by atoms with Gasteiger partial charge >= 0.3 is 0 Å². The maximum atomic E-state index is 10.5. The highest BCUT2D eigenvalue weighted by molar-refractivity contribution is 7.79. The molecule has 1 atom stereocenters. The maximum Gasteiger partial charge on any atom is 0.153 e. The first-order valence-electron chi connectivity index (χ1n) is 4.56. The molecule has 0 aliphatic heterocycles. The molecule has 4 N–H and O–H groups in total. The zero-order valence-corrected chi connectivity index (χ0v) is 8.42. The van der Waals surface area contributed by atoms with Crippen LogP contribution in [0.25, 0.3) is 0 Å². The van der Waals surface area contributed by atoms with Crippen molar-refractivity contribution in [2.75, 3.05) is 12.3 Å². The Bertz CT molecular complexity index is 190. The Morgan fingerprint density at radius 1 is 1.46 bits per heavy atom. The largest absolute Gasteiger partial charge is 0.389 e. The fraction of sp³-hybridized carbons (Fsp3) is 1.00. The molecule has 13 heavy (non-hydrogen) atoms. The molecule has 0 bridgehead atoms. The smallest absolute Gasteiger partial charge is 0.153 e. The molecule has 4 nitrogen and oxygen atoms in total. The van der Waals surface area contributed by atoms with Crippen LogP contribution in [0.1, 0.15) is 25.7 Å². The highest BCUT2D eigenvalue weighted by Crippen LogP contribution is 2.31. The molecule has 0 aromatic rings. The molecule has 1 saturated carbocycles. The van der Waals surface area contributed by atoms with Crippen molar-refractivity contribution >= 4 is 11.1 Å². The zero-order chi connectivity index (χ0) is 9.90. The third-order valence-corrected chi connectivity index (χ3v) is 3.55. The normalized spacial score (nSPS) is 37.3. The first-order chi connectivity index (χ1) is 6.06. The van der Waals surface area contributed by atoms with Gasteiger partial charge in [0.05, 0.1) is 11.4 Å². The Balaban J connectivity index is 2.34. The summed E-state index contributed by atoms with van der Waals surface area (Å²) in [6.07, 6.45) is 2.93. The van der Waals surface area contributed by atoms with Gasteiger partial charge in [-0.25, -0.2) is 4.21 Å². The SMILES string of the molecule is NCC1(O)CCC(CS(=O)O)CC1. The monoisotopic (exact) mass is 207 g/mol. The second-order valence-corrected chi connectivity index (χ2v) is 4.84. The van der Waals surface area contributed by atoms with Crippen LogP contribution in [-0.4, -0.2) is 31.8 Å². The van der Waals surface area contributed by atoms with Crippen LogP contribution in [0, 0.1) is 5.92 Å². The molecule has 0 spiro atoms. The van der Waals surface area contributed by atoms with Gasteiger partial charge in [-0.05, 0) is 31.6 Å². The third kappa shape index (κ3) is 3.34. The van der Waals surface area contributed by atoms with Crippen molar-refractivity contribution in [1.82, 2.24) is 0 Å². The van der Waals surface area contributed by atoms with Gasteiger partial charge in [0, 0.05) is 6.54 Å². The lowest BCUT2D eigenvalue weighted by atomic mass is 9.80. The molecular formula is C8H17NO3S. The molecule has 1 aliphatic rings. The summed E-state index contributed by atoms with van der Waals surface area (Å²) in [4.78, 5) is 0. The van der Waals surface area contributed by atoms with Crippen LogP contribution >= 0.6 is 0 Å². The predicted molar refractivity (Wildman–Crippen MR) is 51.6 cm³/mol. The van der Waals surface area contributed by atoms with Crippen molar-refractivity contribution in [3.05, 3.63) is 0 Å². The lowest BCUT2D eigenvalue weighted by Gasteiger charge is -2.34. The van der Waals surface area contributed by atoms with E-state index in [1.54, 1.807) is 0 Å². The summed E-state index contributed by atoms with van der Waals surface area (Å²) < 4.78 is 19.2. The summed E-state index contributed by atoms with van der Waals surface area (Å²) in [6.45, 7) is 0.294. The summed E-state index contributed by atoms with van der Waals surface area (Å²) in [5.41, 5.74) is 4.71. The second-order valence-electron chi connectivity index (χ2n) is 3.86. The fourth-order valence-corrected chi connectivity index (χ4v) is 2.52. The van der Waals surface area contributed by atoms with Gasteiger partial charge in [-0.3, -0.25) is 0 Å². The Labute approximate surface area is 80.8 Å². The molecule has 0 saturated heterocycles. The topological polar surface area (TPSA) is 83.5 Å². The first kappa shape index (κ1) is 11.1. The summed E-state index contributed by atoms with van der Waals surface area (Å²) >= 11 is -1.70. The van der Waals surface area contributed by atoms with Crippen LogP contribution in [0.3, 0.4) is 0 Å². The van der Waals surface area contributed by atoms with Gasteiger partial charge in [0.1, 0.15) is 0 Å². The average Bonchev–Trinajstić information content (AvgIpc) is 2.09. The Hall–Kier alpha value is 0.0300. The highest BCUT2D eigenvalue weighted by Gasteiger charge is 2.32. The van der Waals surface area contributed by atoms with E-state index >= 15 is 0 Å². The molecule has 0 heterocycles. The molecule has 1 fully saturated rings. The molecular weight excluding hydrogens is 190 g/mol. The summed E-state index contributed by atoms with van der Waals surface area (Å²) in [5, 5.41) is 9.77. The standard InChI is InChI=1S/C8H17NO3S/c9-6-8(10)3-1-7(2-4-8)5-13(11)12/h7,10H,1-6,9H2,(H,11,12). The van der Waals surface area contributed by atoms with E-state index in [1.165, 1.54) is 0 Å². The van der Waals surface area contributed by atoms with Crippen molar-refractivity contribution in [1.29, 1.82) is 0 Å². The van der Waals surface area contributed by atoms with Crippen LogP contribution in [0.15, 0.2) is 0 Å². The summed E-state index contributed by atoms with van der Waals surface area (Å²) in [5.74, 6) is 0.610. The minimum Gasteiger partial charge on any atom is -0.389 e. The van der Waals surface area contributed by atoms with Crippen LogP contribution in [0.4, 0.5) is 0 Å². The van der Waals surface area contributed by atoms with Crippen molar-refractivity contribution in [3.8, 4) is 0 Å². The van der Waals surface area contributed by atoms with E-state index in [2.05, 4.69) is 0 Å². The van der Waals surface area contributed by atoms with E-state index in [-0.39, 0.29) is 5.92 Å². The molecule has 5 heteroatoms. The number of rotatable bonds is 3. The average molecular weight is 207 g/mol. The first-order valence-corrected chi connectivity index (χ1v) is 5.83. The van der Waals surface area contributed by atoms with Crippen molar-refractivity contribution in [3.63, 3.8) is 0 Å². The summed E-state index contributed by atoms with van der Waals surface area (Å²) in [6, 6.07) is 0. The van der Waals surface area contributed by atoms with Crippen LogP contribution < -0.4 is 5.73 Å². The lowest BCUT2D eigenvalue weighted by molar-refractivity contribution is 0.00161. The number of aliphatic hydroxyl groups is 1. The molecule has 0 radical (unpaired) electrons. The molecule has 0 aromatic heterocycles. The van der Waals surface area contributed by atoms with Crippen LogP contribution in [-0.2, 0) is 11.1 Å². The Morgan fingerprint density at radius 2 is 2.00 bits per heavy atom. The van der Waals surface area contributed by atoms with E-state index in [0.29, 0.717) is 25.1 Å². The van der Waals surface area contributed by atoms with Crippen molar-refractivity contribution < 1.29 is 13.9 Å². The quantitative estimate of drug-likeness (QED) is 0.573. The summed E-state index contributed by atoms with van der Waals surface area (Å²) in [7, 11) is 0. The van der Waals surface area contributed by atoms with Gasteiger partial charge in [0.25, 0.3) is 0 Å². The number of hydrogen-bond donors (Lipinski definition) is 3. The third-order valence-electron chi connectivity index (χ3n) is 2.79.